The molecule has 1 N–H and O–H groups in total. The number of rotatable bonds is 6. The number of fused-ring (bicyclic) bond motifs is 1. The summed E-state index contributed by atoms with van der Waals surface area (Å²) in [6, 6.07) is 9.13. The highest BCUT2D eigenvalue weighted by atomic mass is 16.2. The Morgan fingerprint density at radius 1 is 1.28 bits per heavy atom. The number of hydrogen-bond acceptors (Lipinski definition) is 4. The van der Waals surface area contributed by atoms with Crippen molar-refractivity contribution in [1.82, 2.24) is 24.9 Å². The highest BCUT2D eigenvalue weighted by molar-refractivity contribution is 5.92. The quantitative estimate of drug-likeness (QED) is 0.738. The third-order valence-corrected chi connectivity index (χ3v) is 4.04. The van der Waals surface area contributed by atoms with Crippen LogP contribution in [-0.2, 0) is 20.0 Å². The summed E-state index contributed by atoms with van der Waals surface area (Å²) in [4.78, 5) is 24.7. The van der Waals surface area contributed by atoms with Crippen LogP contribution in [-0.4, -0.2) is 32.0 Å². The van der Waals surface area contributed by atoms with Gasteiger partial charge in [-0.2, -0.15) is 10.2 Å². The number of aryl methyl sites for hydroxylation is 2. The van der Waals surface area contributed by atoms with E-state index in [-0.39, 0.29) is 11.5 Å². The smallest absolute Gasteiger partial charge is 0.274 e. The van der Waals surface area contributed by atoms with E-state index in [2.05, 4.69) is 22.4 Å². The number of nitrogens with one attached hydrogen (secondary N) is 1. The Morgan fingerprint density at radius 3 is 2.88 bits per heavy atom. The second-order valence-electron chi connectivity index (χ2n) is 5.91. The van der Waals surface area contributed by atoms with Gasteiger partial charge in [0.1, 0.15) is 5.69 Å². The van der Waals surface area contributed by atoms with E-state index in [4.69, 9.17) is 0 Å². The second-order valence-corrected chi connectivity index (χ2v) is 5.91. The summed E-state index contributed by atoms with van der Waals surface area (Å²) in [5, 5.41) is 12.7. The fraction of sp³-hybridized carbons (Fsp3) is 0.333. The molecule has 0 aliphatic heterocycles. The number of nitrogens with zero attached hydrogens (tertiary/aromatic N) is 4. The molecular weight excluding hydrogens is 318 g/mol. The number of carbonyl (C=O) groups is 1. The van der Waals surface area contributed by atoms with Gasteiger partial charge in [0.25, 0.3) is 11.5 Å². The summed E-state index contributed by atoms with van der Waals surface area (Å²) in [5.74, 6) is -0.203. The normalized spacial score (nSPS) is 11.0. The van der Waals surface area contributed by atoms with Crippen molar-refractivity contribution in [2.45, 2.75) is 26.3 Å². The highest BCUT2D eigenvalue weighted by Crippen LogP contribution is 2.07. The van der Waals surface area contributed by atoms with E-state index < -0.39 is 0 Å². The van der Waals surface area contributed by atoms with Gasteiger partial charge in [-0.3, -0.25) is 14.3 Å². The molecule has 1 amide bonds. The van der Waals surface area contributed by atoms with Gasteiger partial charge in [-0.1, -0.05) is 31.5 Å². The van der Waals surface area contributed by atoms with Crippen LogP contribution in [0.3, 0.4) is 0 Å². The Hall–Kier alpha value is -2.96. The molecule has 7 nitrogen and oxygen atoms in total. The minimum absolute atomic E-state index is 0.155. The van der Waals surface area contributed by atoms with Gasteiger partial charge in [0.05, 0.1) is 23.8 Å². The molecule has 0 fully saturated rings. The van der Waals surface area contributed by atoms with Gasteiger partial charge < -0.3 is 5.32 Å². The van der Waals surface area contributed by atoms with E-state index in [0.29, 0.717) is 24.2 Å². The molecule has 0 aliphatic carbocycles. The summed E-state index contributed by atoms with van der Waals surface area (Å²) >= 11 is 0. The summed E-state index contributed by atoms with van der Waals surface area (Å²) in [6.45, 7) is 2.70. The van der Waals surface area contributed by atoms with Crippen LogP contribution in [0.25, 0.3) is 10.8 Å². The monoisotopic (exact) mass is 339 g/mol. The zero-order chi connectivity index (χ0) is 17.8. The molecule has 130 valence electrons. The maximum absolute atomic E-state index is 12.4. The van der Waals surface area contributed by atoms with Crippen molar-refractivity contribution in [3.63, 3.8) is 0 Å². The summed E-state index contributed by atoms with van der Waals surface area (Å²) < 4.78 is 2.95. The molecule has 0 saturated heterocycles. The third-order valence-electron chi connectivity index (χ3n) is 4.04. The van der Waals surface area contributed by atoms with Gasteiger partial charge in [-0.05, 0) is 18.6 Å². The lowest BCUT2D eigenvalue weighted by Gasteiger charge is -2.07. The summed E-state index contributed by atoms with van der Waals surface area (Å²) in [5.41, 5.74) is 1.27. The molecule has 3 aromatic rings. The molecule has 0 spiro atoms. The molecule has 0 radical (unpaired) electrons. The first-order chi connectivity index (χ1) is 12.1. The van der Waals surface area contributed by atoms with E-state index in [9.17, 15) is 9.59 Å². The molecule has 2 heterocycles. The van der Waals surface area contributed by atoms with E-state index in [1.165, 1.54) is 4.68 Å². The van der Waals surface area contributed by atoms with Gasteiger partial charge in [0.2, 0.25) is 0 Å². The van der Waals surface area contributed by atoms with E-state index in [1.807, 2.05) is 18.2 Å². The second kappa shape index (κ2) is 7.29. The maximum atomic E-state index is 12.4. The number of aromatic nitrogens is 4. The minimum Gasteiger partial charge on any atom is -0.349 e. The molecule has 7 heteroatoms. The van der Waals surface area contributed by atoms with Gasteiger partial charge in [-0.25, -0.2) is 4.68 Å². The van der Waals surface area contributed by atoms with Crippen LogP contribution in [0.2, 0.25) is 0 Å². The molecule has 0 saturated carbocycles. The highest BCUT2D eigenvalue weighted by Gasteiger charge is 2.12. The Bertz CT molecular complexity index is 957. The van der Waals surface area contributed by atoms with Gasteiger partial charge >= 0.3 is 0 Å². The molecule has 0 bridgehead atoms. The van der Waals surface area contributed by atoms with Crippen LogP contribution in [0.15, 0.2) is 41.3 Å². The Morgan fingerprint density at radius 2 is 2.08 bits per heavy atom. The number of benzene rings is 1. The van der Waals surface area contributed by atoms with E-state index >= 15 is 0 Å². The lowest BCUT2D eigenvalue weighted by atomic mass is 10.2. The first kappa shape index (κ1) is 16.9. The number of amides is 1. The predicted octanol–water partition coefficient (Wildman–Crippen LogP) is 1.51. The van der Waals surface area contributed by atoms with E-state index in [1.54, 1.807) is 30.1 Å². The molecule has 0 atom stereocenters. The van der Waals surface area contributed by atoms with Crippen molar-refractivity contribution in [1.29, 1.82) is 0 Å². The molecule has 2 aromatic heterocycles. The SMILES string of the molecule is CCCc1cc(C(=O)NCCn2ncc3ccccc3c2=O)n(C)n1. The predicted molar refractivity (Wildman–Crippen MR) is 95.5 cm³/mol. The summed E-state index contributed by atoms with van der Waals surface area (Å²) in [7, 11) is 1.75. The average molecular weight is 339 g/mol. The van der Waals surface area contributed by atoms with Crippen LogP contribution >= 0.6 is 0 Å². The van der Waals surface area contributed by atoms with E-state index in [0.717, 1.165) is 23.9 Å². The largest absolute Gasteiger partial charge is 0.349 e. The van der Waals surface area contributed by atoms with Crippen molar-refractivity contribution >= 4 is 16.7 Å². The van der Waals surface area contributed by atoms with Crippen molar-refractivity contribution in [2.75, 3.05) is 6.54 Å². The maximum Gasteiger partial charge on any atom is 0.274 e. The van der Waals surface area contributed by atoms with Crippen LogP contribution < -0.4 is 10.9 Å². The van der Waals surface area contributed by atoms with Gasteiger partial charge in [0.15, 0.2) is 0 Å². The van der Waals surface area contributed by atoms with Crippen LogP contribution in [0.5, 0.6) is 0 Å². The van der Waals surface area contributed by atoms with Crippen molar-refractivity contribution in [3.05, 3.63) is 58.3 Å². The minimum atomic E-state index is -0.203. The number of carbonyl (C=O) groups excluding carboxylic acids is 1. The zero-order valence-electron chi connectivity index (χ0n) is 14.4. The van der Waals surface area contributed by atoms with Crippen molar-refractivity contribution in [2.24, 2.45) is 7.05 Å². The lowest BCUT2D eigenvalue weighted by molar-refractivity contribution is 0.0942. The molecule has 0 unspecified atom stereocenters. The first-order valence-corrected chi connectivity index (χ1v) is 8.36. The van der Waals surface area contributed by atoms with Crippen LogP contribution in [0, 0.1) is 0 Å². The Kier molecular flexibility index (Phi) is 4.92. The molecule has 25 heavy (non-hydrogen) atoms. The fourth-order valence-corrected chi connectivity index (χ4v) is 2.77. The fourth-order valence-electron chi connectivity index (χ4n) is 2.77. The first-order valence-electron chi connectivity index (χ1n) is 8.36. The standard InChI is InChI=1S/C18H21N5O2/c1-3-6-14-11-16(22(2)21-14)17(24)19-9-10-23-18(25)15-8-5-4-7-13(15)12-20-23/h4-5,7-8,11-12H,3,6,9-10H2,1-2H3,(H,19,24). The molecule has 3 rings (SSSR count). The molecule has 1 aromatic carbocycles. The summed E-state index contributed by atoms with van der Waals surface area (Å²) in [6.07, 6.45) is 3.49. The molecular formula is C18H21N5O2. The number of hydrogen-bond donors (Lipinski definition) is 1. The van der Waals surface area contributed by atoms with Crippen molar-refractivity contribution in [3.8, 4) is 0 Å². The topological polar surface area (TPSA) is 81.8 Å². The molecule has 0 aliphatic rings. The van der Waals surface area contributed by atoms with Gasteiger partial charge in [0, 0.05) is 19.0 Å². The average Bonchev–Trinajstić information content (AvgIpc) is 2.98. The van der Waals surface area contributed by atoms with Crippen LogP contribution in [0.4, 0.5) is 0 Å². The lowest BCUT2D eigenvalue weighted by Crippen LogP contribution is -2.32. The Labute approximate surface area is 145 Å². The third kappa shape index (κ3) is 3.60. The van der Waals surface area contributed by atoms with Gasteiger partial charge in [-0.15, -0.1) is 0 Å². The van der Waals surface area contributed by atoms with Crippen LogP contribution in [0.1, 0.15) is 29.5 Å². The van der Waals surface area contributed by atoms with Crippen molar-refractivity contribution < 1.29 is 4.79 Å². The zero-order valence-corrected chi connectivity index (χ0v) is 14.4. The Balaban J connectivity index is 1.66.